The molecule has 5 nitrogen and oxygen atoms in total. The third kappa shape index (κ3) is 4.82. The number of anilines is 1. The Labute approximate surface area is 117 Å². The van der Waals surface area contributed by atoms with Crippen LogP contribution in [0.25, 0.3) is 0 Å². The van der Waals surface area contributed by atoms with Crippen LogP contribution in [0, 0.1) is 6.92 Å². The lowest BCUT2D eigenvalue weighted by atomic mass is 10.0. The highest BCUT2D eigenvalue weighted by Gasteiger charge is 2.33. The second kappa shape index (κ2) is 5.97. The fraction of sp³-hybridized carbons (Fsp3) is 0.385. The Morgan fingerprint density at radius 1 is 1.37 bits per heavy atom. The number of rotatable bonds is 4. The third-order valence-electron chi connectivity index (χ3n) is 2.50. The molecule has 1 unspecified atom stereocenters. The molecule has 0 aliphatic heterocycles. The fourth-order valence-corrected chi connectivity index (χ4v) is 1.74. The minimum atomic E-state index is -1.13. The maximum Gasteiger partial charge on any atom is 0.327 e. The minimum Gasteiger partial charge on any atom is -0.480 e. The highest BCUT2D eigenvalue weighted by Crippen LogP contribution is 2.18. The molecule has 1 aromatic carbocycles. The molecule has 104 valence electrons. The first-order valence-corrected chi connectivity index (χ1v) is 6.24. The predicted molar refractivity (Wildman–Crippen MR) is 77.8 cm³/mol. The van der Waals surface area contributed by atoms with Crippen molar-refractivity contribution >= 4 is 30.3 Å². The van der Waals surface area contributed by atoms with E-state index in [4.69, 9.17) is 5.11 Å². The van der Waals surface area contributed by atoms with Crippen LogP contribution in [0.2, 0.25) is 0 Å². The summed E-state index contributed by atoms with van der Waals surface area (Å²) in [6.07, 6.45) is 0. The van der Waals surface area contributed by atoms with E-state index in [2.05, 4.69) is 23.3 Å². The number of aryl methyl sites for hydroxylation is 1. The van der Waals surface area contributed by atoms with Crippen molar-refractivity contribution in [3.63, 3.8) is 0 Å². The van der Waals surface area contributed by atoms with Crippen molar-refractivity contribution in [2.24, 2.45) is 0 Å². The Balaban J connectivity index is 2.71. The molecular weight excluding hydrogens is 264 g/mol. The van der Waals surface area contributed by atoms with Crippen LogP contribution < -0.4 is 10.6 Å². The summed E-state index contributed by atoms with van der Waals surface area (Å²) in [4.78, 5) is 22.9. The van der Waals surface area contributed by atoms with Gasteiger partial charge < -0.3 is 15.7 Å². The molecule has 0 fully saturated rings. The molecule has 0 radical (unpaired) electrons. The summed E-state index contributed by atoms with van der Waals surface area (Å²) < 4.78 is -0.865. The second-order valence-corrected chi connectivity index (χ2v) is 6.05. The van der Waals surface area contributed by atoms with Gasteiger partial charge in [-0.2, -0.15) is 12.6 Å². The molecule has 0 aliphatic carbocycles. The molecule has 1 atom stereocenters. The van der Waals surface area contributed by atoms with Gasteiger partial charge >= 0.3 is 12.0 Å². The van der Waals surface area contributed by atoms with E-state index in [1.165, 1.54) is 0 Å². The first kappa shape index (κ1) is 15.4. The molecule has 0 aromatic heterocycles. The number of carbonyl (C=O) groups is 2. The molecular formula is C13H18N2O3S. The van der Waals surface area contributed by atoms with E-state index in [-0.39, 0.29) is 0 Å². The van der Waals surface area contributed by atoms with Crippen LogP contribution >= 0.6 is 12.6 Å². The van der Waals surface area contributed by atoms with Crippen molar-refractivity contribution in [2.75, 3.05) is 5.32 Å². The van der Waals surface area contributed by atoms with Crippen LogP contribution in [-0.2, 0) is 4.79 Å². The molecule has 19 heavy (non-hydrogen) atoms. The number of carboxylic acids is 1. The molecule has 1 rings (SSSR count). The van der Waals surface area contributed by atoms with E-state index < -0.39 is 22.8 Å². The highest BCUT2D eigenvalue weighted by molar-refractivity contribution is 7.81. The number of carboxylic acid groups (broad SMARTS) is 1. The average molecular weight is 282 g/mol. The number of carbonyl (C=O) groups excluding carboxylic acids is 1. The van der Waals surface area contributed by atoms with E-state index in [9.17, 15) is 9.59 Å². The van der Waals surface area contributed by atoms with Crippen LogP contribution in [0.1, 0.15) is 19.4 Å². The summed E-state index contributed by atoms with van der Waals surface area (Å²) in [5.74, 6) is -1.13. The third-order valence-corrected chi connectivity index (χ3v) is 2.76. The van der Waals surface area contributed by atoms with Crippen molar-refractivity contribution in [3.8, 4) is 0 Å². The van der Waals surface area contributed by atoms with Gasteiger partial charge in [0, 0.05) is 10.4 Å². The minimum absolute atomic E-state index is 0.569. The van der Waals surface area contributed by atoms with Crippen LogP contribution in [0.4, 0.5) is 10.5 Å². The molecule has 0 bridgehead atoms. The van der Waals surface area contributed by atoms with Crippen LogP contribution in [-0.4, -0.2) is 27.9 Å². The summed E-state index contributed by atoms with van der Waals surface area (Å²) in [6.45, 7) is 5.16. The van der Waals surface area contributed by atoms with Crippen LogP contribution in [0.3, 0.4) is 0 Å². The Morgan fingerprint density at radius 3 is 2.47 bits per heavy atom. The summed E-state index contributed by atoms with van der Waals surface area (Å²) in [5.41, 5.74) is 1.61. The monoisotopic (exact) mass is 282 g/mol. The Hall–Kier alpha value is -1.69. The van der Waals surface area contributed by atoms with Crippen molar-refractivity contribution in [2.45, 2.75) is 31.6 Å². The van der Waals surface area contributed by atoms with Gasteiger partial charge in [0.2, 0.25) is 0 Å². The molecule has 0 heterocycles. The standard InChI is InChI=1S/C13H18N2O3S/c1-8-5-4-6-9(7-8)14-12(18)15-10(11(16)17)13(2,3)19/h4-7,10,19H,1-3H3,(H,16,17)(H2,14,15,18). The number of aliphatic carboxylic acids is 1. The molecule has 0 saturated carbocycles. The van der Waals surface area contributed by atoms with E-state index in [0.29, 0.717) is 5.69 Å². The Kier molecular flexibility index (Phi) is 4.83. The lowest BCUT2D eigenvalue weighted by molar-refractivity contribution is -0.139. The molecule has 0 saturated heterocycles. The lowest BCUT2D eigenvalue weighted by Gasteiger charge is -2.26. The first-order chi connectivity index (χ1) is 8.70. The van der Waals surface area contributed by atoms with E-state index >= 15 is 0 Å². The van der Waals surface area contributed by atoms with Crippen LogP contribution in [0.15, 0.2) is 24.3 Å². The number of hydrogen-bond acceptors (Lipinski definition) is 3. The summed E-state index contributed by atoms with van der Waals surface area (Å²) in [5, 5.41) is 14.1. The van der Waals surface area contributed by atoms with E-state index in [1.54, 1.807) is 26.0 Å². The van der Waals surface area contributed by atoms with Gasteiger partial charge in [-0.25, -0.2) is 9.59 Å². The average Bonchev–Trinajstić information content (AvgIpc) is 2.24. The van der Waals surface area contributed by atoms with Gasteiger partial charge in [0.15, 0.2) is 0 Å². The number of amides is 2. The molecule has 6 heteroatoms. The number of benzene rings is 1. The fourth-order valence-electron chi connectivity index (χ4n) is 1.56. The number of urea groups is 1. The molecule has 0 aliphatic rings. The van der Waals surface area contributed by atoms with Gasteiger partial charge in [0.1, 0.15) is 6.04 Å². The molecule has 2 amide bonds. The molecule has 3 N–H and O–H groups in total. The van der Waals surface area contributed by atoms with Crippen LogP contribution in [0.5, 0.6) is 0 Å². The second-order valence-electron chi connectivity index (χ2n) is 4.89. The van der Waals surface area contributed by atoms with E-state index in [1.807, 2.05) is 19.1 Å². The summed E-state index contributed by atoms with van der Waals surface area (Å²) >= 11 is 4.18. The highest BCUT2D eigenvalue weighted by atomic mass is 32.1. The molecule has 0 spiro atoms. The zero-order valence-electron chi connectivity index (χ0n) is 11.1. The molecule has 1 aromatic rings. The van der Waals surface area contributed by atoms with Crippen molar-refractivity contribution in [3.05, 3.63) is 29.8 Å². The van der Waals surface area contributed by atoms with E-state index in [0.717, 1.165) is 5.56 Å². The van der Waals surface area contributed by atoms with Crippen molar-refractivity contribution in [1.29, 1.82) is 0 Å². The largest absolute Gasteiger partial charge is 0.480 e. The number of nitrogens with one attached hydrogen (secondary N) is 2. The smallest absolute Gasteiger partial charge is 0.327 e. The Bertz CT molecular complexity index is 483. The maximum absolute atomic E-state index is 11.8. The van der Waals surface area contributed by atoms with Crippen molar-refractivity contribution < 1.29 is 14.7 Å². The summed E-state index contributed by atoms with van der Waals surface area (Å²) in [7, 11) is 0. The van der Waals surface area contributed by atoms with Crippen molar-refractivity contribution in [1.82, 2.24) is 5.32 Å². The topological polar surface area (TPSA) is 78.4 Å². The normalized spacial score (nSPS) is 12.6. The lowest BCUT2D eigenvalue weighted by Crippen LogP contribution is -2.52. The maximum atomic E-state index is 11.8. The quantitative estimate of drug-likeness (QED) is 0.640. The predicted octanol–water partition coefficient (Wildman–Crippen LogP) is 2.28. The van der Waals surface area contributed by atoms with Gasteiger partial charge in [0.25, 0.3) is 0 Å². The van der Waals surface area contributed by atoms with Gasteiger partial charge in [-0.15, -0.1) is 0 Å². The number of thiol groups is 1. The zero-order valence-corrected chi connectivity index (χ0v) is 12.0. The van der Waals surface area contributed by atoms with Gasteiger partial charge in [0.05, 0.1) is 0 Å². The van der Waals surface area contributed by atoms with Gasteiger partial charge in [-0.05, 0) is 38.5 Å². The first-order valence-electron chi connectivity index (χ1n) is 5.79. The van der Waals surface area contributed by atoms with Gasteiger partial charge in [-0.3, -0.25) is 0 Å². The SMILES string of the molecule is Cc1cccc(NC(=O)NC(C(=O)O)C(C)(C)S)c1. The Morgan fingerprint density at radius 2 is 2.00 bits per heavy atom. The summed E-state index contributed by atoms with van der Waals surface area (Å²) in [6, 6.07) is 5.58. The zero-order chi connectivity index (χ0) is 14.6. The number of hydrogen-bond donors (Lipinski definition) is 4. The van der Waals surface area contributed by atoms with Gasteiger partial charge in [-0.1, -0.05) is 12.1 Å².